The van der Waals surface area contributed by atoms with E-state index in [9.17, 15) is 21.4 Å². The third kappa shape index (κ3) is 4.29. The molecule has 0 amide bonds. The minimum absolute atomic E-state index is 0. The van der Waals surface area contributed by atoms with Crippen LogP contribution in [0.3, 0.4) is 0 Å². The van der Waals surface area contributed by atoms with Crippen molar-refractivity contribution in [2.24, 2.45) is 0 Å². The molecule has 1 saturated heterocycles. The monoisotopic (exact) mass is 333 g/mol. The van der Waals surface area contributed by atoms with Crippen LogP contribution in [0.4, 0.5) is 12.9 Å². The van der Waals surface area contributed by atoms with Crippen LogP contribution in [0, 0.1) is 0 Å². The SMILES string of the molecule is O=S(=O)(c1ccc([B-](F)(F)F)cc1)N1CCOCC1.[K+]. The Morgan fingerprint density at radius 1 is 1.05 bits per heavy atom. The molecule has 20 heavy (non-hydrogen) atoms. The number of halogens is 3. The smallest absolute Gasteiger partial charge is 0.445 e. The van der Waals surface area contributed by atoms with Gasteiger partial charge >= 0.3 is 58.4 Å². The van der Waals surface area contributed by atoms with Gasteiger partial charge in [-0.1, -0.05) is 12.1 Å². The van der Waals surface area contributed by atoms with Crippen molar-refractivity contribution in [3.8, 4) is 0 Å². The fourth-order valence-corrected chi connectivity index (χ4v) is 3.20. The van der Waals surface area contributed by atoms with Crippen LogP contribution in [0.1, 0.15) is 0 Å². The molecule has 1 aromatic carbocycles. The molecule has 4 nitrogen and oxygen atoms in total. The van der Waals surface area contributed by atoms with Gasteiger partial charge in [0.2, 0.25) is 10.0 Å². The summed E-state index contributed by atoms with van der Waals surface area (Å²) in [6.07, 6.45) is 0. The number of nitrogens with zero attached hydrogens (tertiary/aromatic N) is 1. The average molecular weight is 333 g/mol. The number of benzene rings is 1. The zero-order chi connectivity index (χ0) is 14.1. The number of morpholine rings is 1. The molecule has 0 atom stereocenters. The molecule has 1 heterocycles. The molecular formula is C10H12BF3KNO3S. The maximum absolute atomic E-state index is 12.5. The van der Waals surface area contributed by atoms with Crippen LogP contribution in [0.5, 0.6) is 0 Å². The molecule has 0 spiro atoms. The zero-order valence-corrected chi connectivity index (χ0v) is 14.9. The minimum Gasteiger partial charge on any atom is -0.445 e. The van der Waals surface area contributed by atoms with E-state index < -0.39 is 22.5 Å². The Labute approximate surface area is 158 Å². The second kappa shape index (κ2) is 7.23. The van der Waals surface area contributed by atoms with E-state index in [2.05, 4.69) is 0 Å². The molecule has 0 aliphatic carbocycles. The van der Waals surface area contributed by atoms with Crippen LogP contribution in [0.25, 0.3) is 0 Å². The summed E-state index contributed by atoms with van der Waals surface area (Å²) in [5, 5.41) is 0. The summed E-state index contributed by atoms with van der Waals surface area (Å²) in [6, 6.07) is 3.59. The Balaban J connectivity index is 0.00000200. The van der Waals surface area contributed by atoms with Crippen LogP contribution >= 0.6 is 0 Å². The van der Waals surface area contributed by atoms with Crippen molar-refractivity contribution in [1.82, 2.24) is 4.31 Å². The Bertz CT molecular complexity index is 544. The molecule has 0 N–H and O–H groups in total. The Morgan fingerprint density at radius 3 is 2.00 bits per heavy atom. The minimum atomic E-state index is -5.11. The van der Waals surface area contributed by atoms with Gasteiger partial charge in [-0.05, 0) is 12.1 Å². The Hall–Kier alpha value is 0.581. The molecule has 10 heteroatoms. The third-order valence-corrected chi connectivity index (χ3v) is 4.78. The van der Waals surface area contributed by atoms with Crippen LogP contribution < -0.4 is 56.8 Å². The van der Waals surface area contributed by atoms with Gasteiger partial charge in [-0.3, -0.25) is 0 Å². The average Bonchev–Trinajstić information content (AvgIpc) is 2.39. The summed E-state index contributed by atoms with van der Waals surface area (Å²) < 4.78 is 67.9. The molecule has 1 aromatic rings. The van der Waals surface area contributed by atoms with E-state index in [1.54, 1.807) is 0 Å². The molecule has 2 rings (SSSR count). The van der Waals surface area contributed by atoms with Crippen molar-refractivity contribution in [3.63, 3.8) is 0 Å². The van der Waals surface area contributed by atoms with Gasteiger partial charge in [0, 0.05) is 13.1 Å². The van der Waals surface area contributed by atoms with Crippen LogP contribution in [0.15, 0.2) is 29.2 Å². The van der Waals surface area contributed by atoms with E-state index >= 15 is 0 Å². The first-order chi connectivity index (χ1) is 8.82. The first-order valence-electron chi connectivity index (χ1n) is 5.69. The van der Waals surface area contributed by atoms with Gasteiger partial charge in [0.25, 0.3) is 0 Å². The molecule has 0 unspecified atom stereocenters. The van der Waals surface area contributed by atoms with E-state index in [4.69, 9.17) is 4.74 Å². The summed E-state index contributed by atoms with van der Waals surface area (Å²) in [5.41, 5.74) is -0.805. The van der Waals surface area contributed by atoms with Gasteiger partial charge < -0.3 is 17.7 Å². The number of ether oxygens (including phenoxy) is 1. The van der Waals surface area contributed by atoms with Crippen molar-refractivity contribution >= 4 is 22.5 Å². The summed E-state index contributed by atoms with van der Waals surface area (Å²) in [6.45, 7) is -4.09. The number of rotatable bonds is 3. The maximum Gasteiger partial charge on any atom is 1.00 e. The summed E-state index contributed by atoms with van der Waals surface area (Å²) in [4.78, 5) is -0.127. The second-order valence-corrected chi connectivity index (χ2v) is 6.10. The fraction of sp³-hybridized carbons (Fsp3) is 0.400. The third-order valence-electron chi connectivity index (χ3n) is 2.87. The molecule has 106 valence electrons. The largest absolute Gasteiger partial charge is 1.00 e. The van der Waals surface area contributed by atoms with Crippen LogP contribution in [-0.2, 0) is 14.8 Å². The molecule has 1 aliphatic rings. The molecular weight excluding hydrogens is 321 g/mol. The van der Waals surface area contributed by atoms with Crippen molar-refractivity contribution in [1.29, 1.82) is 0 Å². The topological polar surface area (TPSA) is 46.6 Å². The molecule has 0 aromatic heterocycles. The van der Waals surface area contributed by atoms with Crippen molar-refractivity contribution in [2.45, 2.75) is 4.90 Å². The first kappa shape index (κ1) is 18.6. The van der Waals surface area contributed by atoms with Gasteiger partial charge in [-0.2, -0.15) is 4.31 Å². The number of hydrogen-bond donors (Lipinski definition) is 0. The predicted molar refractivity (Wildman–Crippen MR) is 64.7 cm³/mol. The maximum atomic E-state index is 12.5. The van der Waals surface area contributed by atoms with E-state index in [1.165, 1.54) is 4.31 Å². The van der Waals surface area contributed by atoms with Gasteiger partial charge in [-0.25, -0.2) is 8.42 Å². The number of hydrogen-bond acceptors (Lipinski definition) is 3. The molecule has 0 saturated carbocycles. The van der Waals surface area contributed by atoms with E-state index in [0.717, 1.165) is 24.3 Å². The summed E-state index contributed by atoms with van der Waals surface area (Å²) >= 11 is 0. The zero-order valence-electron chi connectivity index (χ0n) is 10.9. The van der Waals surface area contributed by atoms with Crippen LogP contribution in [-0.4, -0.2) is 46.0 Å². The molecule has 1 fully saturated rings. The number of sulfonamides is 1. The summed E-state index contributed by atoms with van der Waals surface area (Å²) in [5.74, 6) is 0. The van der Waals surface area contributed by atoms with Crippen LogP contribution in [0.2, 0.25) is 0 Å². The molecule has 0 radical (unpaired) electrons. The van der Waals surface area contributed by atoms with E-state index in [-0.39, 0.29) is 69.4 Å². The predicted octanol–water partition coefficient (Wildman–Crippen LogP) is -2.23. The van der Waals surface area contributed by atoms with E-state index in [0.29, 0.717) is 13.2 Å². The van der Waals surface area contributed by atoms with E-state index in [1.807, 2.05) is 0 Å². The van der Waals surface area contributed by atoms with Gasteiger partial charge in [-0.15, -0.1) is 5.46 Å². The van der Waals surface area contributed by atoms with Crippen molar-refractivity contribution < 1.29 is 77.5 Å². The fourth-order valence-electron chi connectivity index (χ4n) is 1.79. The summed E-state index contributed by atoms with van der Waals surface area (Å²) in [7, 11) is -3.73. The van der Waals surface area contributed by atoms with Gasteiger partial charge in [0.1, 0.15) is 0 Å². The Kier molecular flexibility index (Phi) is 6.73. The van der Waals surface area contributed by atoms with Gasteiger partial charge in [0.15, 0.2) is 0 Å². The van der Waals surface area contributed by atoms with Gasteiger partial charge in [0.05, 0.1) is 18.1 Å². The second-order valence-electron chi connectivity index (χ2n) is 4.16. The Morgan fingerprint density at radius 2 is 1.55 bits per heavy atom. The normalized spacial score (nSPS) is 17.6. The first-order valence-corrected chi connectivity index (χ1v) is 7.13. The quantitative estimate of drug-likeness (QED) is 0.588. The van der Waals surface area contributed by atoms with Crippen molar-refractivity contribution in [2.75, 3.05) is 26.3 Å². The molecule has 0 bridgehead atoms. The standard InChI is InChI=1S/C10H12BF3NO3S.K/c12-11(13,14)9-1-3-10(4-2-9)19(16,17)15-5-7-18-8-6-15;/h1-4H,5-8H2;/q-1;+1. The molecule has 1 aliphatic heterocycles. The van der Waals surface area contributed by atoms with Crippen molar-refractivity contribution in [3.05, 3.63) is 24.3 Å².